The van der Waals surface area contributed by atoms with Crippen LogP contribution < -0.4 is 5.48 Å². The Hall–Kier alpha value is -1.64. The Morgan fingerprint density at radius 3 is 2.73 bits per heavy atom. The summed E-state index contributed by atoms with van der Waals surface area (Å²) in [4.78, 5) is 18.5. The van der Waals surface area contributed by atoms with E-state index in [2.05, 4.69) is 20.0 Å². The number of carbonyl (C=O) groups excluding carboxylic acids is 1. The van der Waals surface area contributed by atoms with Crippen LogP contribution in [0, 0.1) is 6.92 Å². The first-order valence-electron chi connectivity index (χ1n) is 3.76. The second-order valence-electron chi connectivity index (χ2n) is 2.58. The summed E-state index contributed by atoms with van der Waals surface area (Å²) in [5.74, 6) is -0.853. The molecule has 0 bridgehead atoms. The third kappa shape index (κ3) is 3.94. The van der Waals surface area contributed by atoms with Crippen molar-refractivity contribution in [2.24, 2.45) is 0 Å². The predicted octanol–water partition coefficient (Wildman–Crippen LogP) is 0.337. The Morgan fingerprint density at radius 1 is 1.60 bits per heavy atom. The fourth-order valence-corrected chi connectivity index (χ4v) is 0.673. The van der Waals surface area contributed by atoms with Crippen LogP contribution >= 0.6 is 0 Å². The molecule has 0 aliphatic heterocycles. The van der Waals surface area contributed by atoms with Crippen molar-refractivity contribution in [2.45, 2.75) is 13.1 Å². The third-order valence-corrected chi connectivity index (χ3v) is 1.20. The fourth-order valence-electron chi connectivity index (χ4n) is 0.673. The number of alkyl halides is 3. The molecule has 0 radical (unpaired) electrons. The maximum absolute atomic E-state index is 11.6. The highest BCUT2D eigenvalue weighted by Crippen LogP contribution is 2.13. The van der Waals surface area contributed by atoms with Crippen LogP contribution in [-0.4, -0.2) is 33.9 Å². The molecule has 0 aliphatic carbocycles. The summed E-state index contributed by atoms with van der Waals surface area (Å²) in [7, 11) is 0. The highest BCUT2D eigenvalue weighted by atomic mass is 19.4. The fraction of sp³-hybridized carbons (Fsp3) is 0.500. The standard InChI is InChI=1S/C6H7F3N4O2/c1-3-10-4(12-11-3)5(14)13-15-2-6(7,8)9/h2H2,1H3,(H,13,14)(H,10,11,12). The van der Waals surface area contributed by atoms with Gasteiger partial charge in [-0.25, -0.2) is 10.5 Å². The number of hydrogen-bond donors (Lipinski definition) is 2. The molecule has 0 atom stereocenters. The monoisotopic (exact) mass is 224 g/mol. The van der Waals surface area contributed by atoms with Crippen LogP contribution in [-0.2, 0) is 4.84 Å². The van der Waals surface area contributed by atoms with E-state index in [4.69, 9.17) is 0 Å². The van der Waals surface area contributed by atoms with Crippen molar-refractivity contribution in [3.63, 3.8) is 0 Å². The predicted molar refractivity (Wildman–Crippen MR) is 40.6 cm³/mol. The Kier molecular flexibility index (Phi) is 3.24. The van der Waals surface area contributed by atoms with Crippen LogP contribution in [0.5, 0.6) is 0 Å². The Morgan fingerprint density at radius 2 is 2.27 bits per heavy atom. The van der Waals surface area contributed by atoms with E-state index in [9.17, 15) is 18.0 Å². The van der Waals surface area contributed by atoms with Crippen molar-refractivity contribution in [1.29, 1.82) is 0 Å². The summed E-state index contributed by atoms with van der Waals surface area (Å²) in [6.07, 6.45) is -4.50. The average Bonchev–Trinajstić information content (AvgIpc) is 2.49. The van der Waals surface area contributed by atoms with E-state index < -0.39 is 18.7 Å². The van der Waals surface area contributed by atoms with E-state index >= 15 is 0 Å². The largest absolute Gasteiger partial charge is 0.414 e. The van der Waals surface area contributed by atoms with Crippen molar-refractivity contribution >= 4 is 5.91 Å². The molecule has 1 rings (SSSR count). The number of hydroxylamine groups is 1. The number of aromatic nitrogens is 3. The normalized spacial score (nSPS) is 11.5. The maximum atomic E-state index is 11.6. The van der Waals surface area contributed by atoms with Crippen LogP contribution in [0.15, 0.2) is 0 Å². The van der Waals surface area contributed by atoms with Gasteiger partial charge in [0.25, 0.3) is 0 Å². The first-order valence-corrected chi connectivity index (χ1v) is 3.76. The van der Waals surface area contributed by atoms with Crippen molar-refractivity contribution < 1.29 is 22.8 Å². The van der Waals surface area contributed by atoms with Gasteiger partial charge in [0.1, 0.15) is 5.82 Å². The molecule has 0 aromatic carbocycles. The van der Waals surface area contributed by atoms with Gasteiger partial charge >= 0.3 is 12.1 Å². The number of carbonyl (C=O) groups is 1. The number of H-pyrrole nitrogens is 1. The number of amides is 1. The summed E-state index contributed by atoms with van der Waals surface area (Å²) >= 11 is 0. The molecule has 9 heteroatoms. The molecule has 1 heterocycles. The van der Waals surface area contributed by atoms with Crippen molar-refractivity contribution in [2.75, 3.05) is 6.61 Å². The molecule has 1 aromatic rings. The van der Waals surface area contributed by atoms with Gasteiger partial charge in [-0.1, -0.05) is 0 Å². The first kappa shape index (κ1) is 11.4. The summed E-state index contributed by atoms with van der Waals surface area (Å²) in [6.45, 7) is -0.0253. The maximum Gasteiger partial charge on any atom is 0.414 e. The highest BCUT2D eigenvalue weighted by molar-refractivity contribution is 5.89. The molecule has 6 nitrogen and oxygen atoms in total. The molecular formula is C6H7F3N4O2. The number of halogens is 3. The van der Waals surface area contributed by atoms with Crippen molar-refractivity contribution in [3.05, 3.63) is 11.6 Å². The van der Waals surface area contributed by atoms with Crippen LogP contribution in [0.2, 0.25) is 0 Å². The third-order valence-electron chi connectivity index (χ3n) is 1.20. The Bertz CT molecular complexity index is 348. The van der Waals surface area contributed by atoms with Crippen molar-refractivity contribution in [1.82, 2.24) is 20.7 Å². The Labute approximate surface area is 81.8 Å². The first-order chi connectivity index (χ1) is 6.88. The van der Waals surface area contributed by atoms with Gasteiger partial charge in [0.05, 0.1) is 0 Å². The lowest BCUT2D eigenvalue weighted by molar-refractivity contribution is -0.184. The zero-order chi connectivity index (χ0) is 11.5. The topological polar surface area (TPSA) is 79.9 Å². The smallest absolute Gasteiger partial charge is 0.264 e. The second-order valence-corrected chi connectivity index (χ2v) is 2.58. The minimum Gasteiger partial charge on any atom is -0.264 e. The molecule has 1 aromatic heterocycles. The molecule has 0 saturated heterocycles. The second kappa shape index (κ2) is 4.26. The number of aryl methyl sites for hydroxylation is 1. The summed E-state index contributed by atoms with van der Waals surface area (Å²) in [6, 6.07) is 0. The summed E-state index contributed by atoms with van der Waals surface area (Å²) in [5.41, 5.74) is 1.56. The zero-order valence-corrected chi connectivity index (χ0v) is 7.55. The van der Waals surface area contributed by atoms with E-state index in [0.29, 0.717) is 5.82 Å². The number of nitrogens with zero attached hydrogens (tertiary/aromatic N) is 2. The SMILES string of the molecule is Cc1nc(C(=O)NOCC(F)(F)F)n[nH]1. The summed E-state index contributed by atoms with van der Waals surface area (Å²) < 4.78 is 34.8. The molecule has 0 saturated carbocycles. The van der Waals surface area contributed by atoms with Crippen LogP contribution in [0.3, 0.4) is 0 Å². The van der Waals surface area contributed by atoms with Gasteiger partial charge in [-0.2, -0.15) is 13.2 Å². The van der Waals surface area contributed by atoms with E-state index in [1.807, 2.05) is 0 Å². The lowest BCUT2D eigenvalue weighted by Crippen LogP contribution is -2.30. The van der Waals surface area contributed by atoms with Crippen LogP contribution in [0.4, 0.5) is 13.2 Å². The summed E-state index contributed by atoms with van der Waals surface area (Å²) in [5, 5.41) is 5.78. The number of aromatic amines is 1. The molecule has 2 N–H and O–H groups in total. The lowest BCUT2D eigenvalue weighted by Gasteiger charge is -2.06. The van der Waals surface area contributed by atoms with Crippen molar-refractivity contribution in [3.8, 4) is 0 Å². The Balaban J connectivity index is 2.37. The van der Waals surface area contributed by atoms with E-state index in [0.717, 1.165) is 0 Å². The number of nitrogens with one attached hydrogen (secondary N) is 2. The average molecular weight is 224 g/mol. The minimum atomic E-state index is -4.50. The van der Waals surface area contributed by atoms with Crippen LogP contribution in [0.25, 0.3) is 0 Å². The van der Waals surface area contributed by atoms with Gasteiger partial charge in [-0.05, 0) is 6.92 Å². The minimum absolute atomic E-state index is 0.283. The molecule has 0 unspecified atom stereocenters. The van der Waals surface area contributed by atoms with Gasteiger partial charge in [0, 0.05) is 0 Å². The number of rotatable bonds is 3. The molecule has 0 spiro atoms. The zero-order valence-electron chi connectivity index (χ0n) is 7.55. The van der Waals surface area contributed by atoms with Gasteiger partial charge in [-0.3, -0.25) is 14.7 Å². The molecule has 1 amide bonds. The molecule has 0 aliphatic rings. The van der Waals surface area contributed by atoms with Gasteiger partial charge in [-0.15, -0.1) is 5.10 Å². The van der Waals surface area contributed by atoms with Gasteiger partial charge < -0.3 is 0 Å². The van der Waals surface area contributed by atoms with E-state index in [1.54, 1.807) is 12.4 Å². The molecule has 15 heavy (non-hydrogen) atoms. The van der Waals surface area contributed by atoms with Gasteiger partial charge in [0.2, 0.25) is 5.82 Å². The molecule has 0 fully saturated rings. The van der Waals surface area contributed by atoms with E-state index in [1.165, 1.54) is 0 Å². The molecular weight excluding hydrogens is 217 g/mol. The van der Waals surface area contributed by atoms with Gasteiger partial charge in [0.15, 0.2) is 6.61 Å². The van der Waals surface area contributed by atoms with E-state index in [-0.39, 0.29) is 5.82 Å². The lowest BCUT2D eigenvalue weighted by atomic mass is 10.6. The quantitative estimate of drug-likeness (QED) is 0.725. The molecule has 84 valence electrons. The van der Waals surface area contributed by atoms with Crippen LogP contribution in [0.1, 0.15) is 16.4 Å². The number of hydrogen-bond acceptors (Lipinski definition) is 4. The highest BCUT2D eigenvalue weighted by Gasteiger charge is 2.28.